The third kappa shape index (κ3) is 3.03. The largest absolute Gasteiger partial charge is 0.439 e. The highest BCUT2D eigenvalue weighted by Gasteiger charge is 2.03. The van der Waals surface area contributed by atoms with Crippen molar-refractivity contribution in [3.8, 4) is 11.6 Å². The first kappa shape index (κ1) is 12.5. The quantitative estimate of drug-likeness (QED) is 0.823. The average molecular weight is 260 g/mol. The number of aromatic nitrogens is 1. The standard InChI is InChI=1S/C13H12N2O2S/c14-13(18)11-5-2-6-12(15-11)17-10-4-1-3-9(7-10)8-16/h1-7,16H,8H2,(H2,14,18). The minimum Gasteiger partial charge on any atom is -0.439 e. The van der Waals surface area contributed by atoms with Crippen LogP contribution >= 0.6 is 12.2 Å². The van der Waals surface area contributed by atoms with Gasteiger partial charge in [-0.1, -0.05) is 30.4 Å². The Morgan fingerprint density at radius 1 is 1.28 bits per heavy atom. The highest BCUT2D eigenvalue weighted by molar-refractivity contribution is 7.80. The fraction of sp³-hybridized carbons (Fsp3) is 0.0769. The maximum Gasteiger partial charge on any atom is 0.219 e. The van der Waals surface area contributed by atoms with Gasteiger partial charge in [0.15, 0.2) is 0 Å². The van der Waals surface area contributed by atoms with Crippen LogP contribution in [0, 0.1) is 0 Å². The second kappa shape index (κ2) is 5.57. The fourth-order valence-electron chi connectivity index (χ4n) is 1.44. The van der Waals surface area contributed by atoms with Gasteiger partial charge in [0.2, 0.25) is 5.88 Å². The molecule has 18 heavy (non-hydrogen) atoms. The van der Waals surface area contributed by atoms with Gasteiger partial charge in [0.05, 0.1) is 6.61 Å². The summed E-state index contributed by atoms with van der Waals surface area (Å²) in [5, 5.41) is 9.04. The molecule has 1 aromatic carbocycles. The lowest BCUT2D eigenvalue weighted by Crippen LogP contribution is -2.11. The molecule has 4 nitrogen and oxygen atoms in total. The van der Waals surface area contributed by atoms with Crippen molar-refractivity contribution in [2.75, 3.05) is 0 Å². The molecule has 0 saturated carbocycles. The van der Waals surface area contributed by atoms with Crippen molar-refractivity contribution in [1.82, 2.24) is 4.98 Å². The summed E-state index contributed by atoms with van der Waals surface area (Å²) in [6.07, 6.45) is 0. The molecule has 0 bridgehead atoms. The van der Waals surface area contributed by atoms with Crippen LogP contribution in [0.25, 0.3) is 0 Å². The molecule has 5 heteroatoms. The van der Waals surface area contributed by atoms with Crippen molar-refractivity contribution in [3.05, 3.63) is 53.7 Å². The minimum atomic E-state index is -0.0302. The number of benzene rings is 1. The summed E-state index contributed by atoms with van der Waals surface area (Å²) >= 11 is 4.85. The first-order chi connectivity index (χ1) is 8.69. The van der Waals surface area contributed by atoms with Crippen LogP contribution in [0.3, 0.4) is 0 Å². The molecule has 1 heterocycles. The van der Waals surface area contributed by atoms with Gasteiger partial charge in [0, 0.05) is 6.07 Å². The summed E-state index contributed by atoms with van der Waals surface area (Å²) in [5.41, 5.74) is 6.79. The zero-order chi connectivity index (χ0) is 13.0. The second-order valence-electron chi connectivity index (χ2n) is 3.63. The predicted octanol–water partition coefficient (Wildman–Crippen LogP) is 2.00. The number of rotatable bonds is 4. The fourth-order valence-corrected chi connectivity index (χ4v) is 1.55. The molecule has 0 spiro atoms. The van der Waals surface area contributed by atoms with Gasteiger partial charge in [0.25, 0.3) is 0 Å². The zero-order valence-electron chi connectivity index (χ0n) is 9.54. The van der Waals surface area contributed by atoms with Gasteiger partial charge < -0.3 is 15.6 Å². The molecule has 0 fully saturated rings. The maximum absolute atomic E-state index is 9.04. The monoisotopic (exact) mass is 260 g/mol. The molecule has 3 N–H and O–H groups in total. The van der Waals surface area contributed by atoms with E-state index in [1.807, 2.05) is 6.07 Å². The zero-order valence-corrected chi connectivity index (χ0v) is 10.4. The molecule has 92 valence electrons. The molecule has 0 atom stereocenters. The molecule has 2 rings (SSSR count). The van der Waals surface area contributed by atoms with Crippen molar-refractivity contribution in [2.45, 2.75) is 6.61 Å². The Kier molecular flexibility index (Phi) is 3.86. The summed E-state index contributed by atoms with van der Waals surface area (Å²) in [5.74, 6) is 1.02. The van der Waals surface area contributed by atoms with Crippen molar-refractivity contribution >= 4 is 17.2 Å². The third-order valence-electron chi connectivity index (χ3n) is 2.28. The van der Waals surface area contributed by atoms with Crippen LogP contribution in [-0.2, 0) is 6.61 Å². The number of aliphatic hydroxyl groups is 1. The van der Waals surface area contributed by atoms with E-state index >= 15 is 0 Å². The first-order valence-electron chi connectivity index (χ1n) is 5.33. The van der Waals surface area contributed by atoms with E-state index in [-0.39, 0.29) is 11.6 Å². The molecular weight excluding hydrogens is 248 g/mol. The number of thiocarbonyl (C=S) groups is 1. The number of nitrogens with zero attached hydrogens (tertiary/aromatic N) is 1. The Labute approximate surface area is 110 Å². The van der Waals surface area contributed by atoms with Crippen LogP contribution in [0.1, 0.15) is 11.3 Å². The number of hydrogen-bond donors (Lipinski definition) is 2. The molecule has 0 aliphatic rings. The van der Waals surface area contributed by atoms with Crippen LogP contribution in [0.5, 0.6) is 11.6 Å². The molecule has 0 radical (unpaired) electrons. The van der Waals surface area contributed by atoms with E-state index in [2.05, 4.69) is 4.98 Å². The summed E-state index contributed by atoms with van der Waals surface area (Å²) in [6, 6.07) is 12.4. The molecule has 1 aromatic heterocycles. The van der Waals surface area contributed by atoms with Crippen LogP contribution in [-0.4, -0.2) is 15.1 Å². The molecule has 0 unspecified atom stereocenters. The SMILES string of the molecule is NC(=S)c1cccc(Oc2cccc(CO)c2)n1. The average Bonchev–Trinajstić information content (AvgIpc) is 2.39. The summed E-state index contributed by atoms with van der Waals surface area (Å²) in [4.78, 5) is 4.40. The molecule has 0 aliphatic heterocycles. The highest BCUT2D eigenvalue weighted by Crippen LogP contribution is 2.20. The number of nitrogens with two attached hydrogens (primary N) is 1. The minimum absolute atomic E-state index is 0.0302. The normalized spacial score (nSPS) is 10.1. The van der Waals surface area contributed by atoms with Gasteiger partial charge in [-0.25, -0.2) is 4.98 Å². The highest BCUT2D eigenvalue weighted by atomic mass is 32.1. The lowest BCUT2D eigenvalue weighted by atomic mass is 10.2. The maximum atomic E-state index is 9.04. The van der Waals surface area contributed by atoms with E-state index < -0.39 is 0 Å². The predicted molar refractivity (Wildman–Crippen MR) is 72.6 cm³/mol. The van der Waals surface area contributed by atoms with Gasteiger partial charge >= 0.3 is 0 Å². The topological polar surface area (TPSA) is 68.4 Å². The Morgan fingerprint density at radius 2 is 2.06 bits per heavy atom. The van der Waals surface area contributed by atoms with E-state index in [9.17, 15) is 0 Å². The molecule has 2 aromatic rings. The van der Waals surface area contributed by atoms with E-state index in [0.29, 0.717) is 17.3 Å². The van der Waals surface area contributed by atoms with Crippen molar-refractivity contribution in [1.29, 1.82) is 0 Å². The lowest BCUT2D eigenvalue weighted by molar-refractivity contribution is 0.281. The summed E-state index contributed by atoms with van der Waals surface area (Å²) in [6.45, 7) is -0.0302. The number of ether oxygens (including phenoxy) is 1. The van der Waals surface area contributed by atoms with Crippen molar-refractivity contribution in [3.63, 3.8) is 0 Å². The van der Waals surface area contributed by atoms with Gasteiger partial charge in [-0.05, 0) is 23.8 Å². The van der Waals surface area contributed by atoms with Gasteiger partial charge in [-0.15, -0.1) is 0 Å². The summed E-state index contributed by atoms with van der Waals surface area (Å²) < 4.78 is 5.57. The van der Waals surface area contributed by atoms with Crippen LogP contribution < -0.4 is 10.5 Å². The van der Waals surface area contributed by atoms with Gasteiger partial charge in [0.1, 0.15) is 16.4 Å². The van der Waals surface area contributed by atoms with E-state index in [1.54, 1.807) is 36.4 Å². The molecule has 0 amide bonds. The smallest absolute Gasteiger partial charge is 0.219 e. The Balaban J connectivity index is 2.22. The number of pyridine rings is 1. The third-order valence-corrected chi connectivity index (χ3v) is 2.49. The van der Waals surface area contributed by atoms with Crippen LogP contribution in [0.2, 0.25) is 0 Å². The van der Waals surface area contributed by atoms with Gasteiger partial charge in [-0.2, -0.15) is 0 Å². The van der Waals surface area contributed by atoms with Crippen molar-refractivity contribution in [2.24, 2.45) is 5.73 Å². The first-order valence-corrected chi connectivity index (χ1v) is 5.74. The summed E-state index contributed by atoms with van der Waals surface area (Å²) in [7, 11) is 0. The van der Waals surface area contributed by atoms with Crippen molar-refractivity contribution < 1.29 is 9.84 Å². The van der Waals surface area contributed by atoms with E-state index in [1.165, 1.54) is 0 Å². The Hall–Kier alpha value is -1.98. The second-order valence-corrected chi connectivity index (χ2v) is 4.07. The van der Waals surface area contributed by atoms with E-state index in [4.69, 9.17) is 27.8 Å². The van der Waals surface area contributed by atoms with Gasteiger partial charge in [-0.3, -0.25) is 0 Å². The van der Waals surface area contributed by atoms with Crippen LogP contribution in [0.4, 0.5) is 0 Å². The number of aliphatic hydroxyl groups excluding tert-OH is 1. The molecule has 0 saturated heterocycles. The Morgan fingerprint density at radius 3 is 2.78 bits per heavy atom. The molecular formula is C13H12N2O2S. The Bertz CT molecular complexity index is 572. The molecule has 0 aliphatic carbocycles. The van der Waals surface area contributed by atoms with E-state index in [0.717, 1.165) is 5.56 Å². The number of hydrogen-bond acceptors (Lipinski definition) is 4. The van der Waals surface area contributed by atoms with Crippen LogP contribution in [0.15, 0.2) is 42.5 Å². The lowest BCUT2D eigenvalue weighted by Gasteiger charge is -2.07.